The van der Waals surface area contributed by atoms with Crippen LogP contribution < -0.4 is 0 Å². The molecule has 1 rings (SSSR count). The van der Waals surface area contributed by atoms with Crippen LogP contribution in [0.4, 0.5) is 5.69 Å². The normalized spacial score (nSPS) is 10.1. The number of benzene rings is 1. The summed E-state index contributed by atoms with van der Waals surface area (Å²) in [4.78, 5) is 34.0. The van der Waals surface area contributed by atoms with Gasteiger partial charge in [-0.05, 0) is 5.56 Å². The number of carboxylic acids is 1. The van der Waals surface area contributed by atoms with Gasteiger partial charge < -0.3 is 14.7 Å². The molecular weight excluding hydrogens is 280 g/mol. The summed E-state index contributed by atoms with van der Waals surface area (Å²) in [5.74, 6) is -1.48. The van der Waals surface area contributed by atoms with Crippen LogP contribution in [-0.2, 0) is 20.7 Å². The number of hydrogen-bond donors (Lipinski definition) is 1. The molecule has 0 aliphatic rings. The van der Waals surface area contributed by atoms with E-state index in [1.807, 2.05) is 0 Å². The summed E-state index contributed by atoms with van der Waals surface area (Å²) < 4.78 is 4.83. The van der Waals surface area contributed by atoms with Gasteiger partial charge in [0.2, 0.25) is 5.91 Å². The second-order valence-corrected chi connectivity index (χ2v) is 4.30. The lowest BCUT2D eigenvalue weighted by molar-refractivity contribution is -0.384. The number of nitro groups is 1. The first-order valence-corrected chi connectivity index (χ1v) is 6.16. The Bertz CT molecular complexity index is 514. The van der Waals surface area contributed by atoms with Crippen LogP contribution in [0.3, 0.4) is 0 Å². The number of aliphatic carboxylic acids is 1. The zero-order valence-corrected chi connectivity index (χ0v) is 11.5. The molecule has 8 heteroatoms. The number of ether oxygens (including phenoxy) is 1. The van der Waals surface area contributed by atoms with Gasteiger partial charge in [-0.2, -0.15) is 0 Å². The van der Waals surface area contributed by atoms with Crippen molar-refractivity contribution in [2.45, 2.75) is 6.42 Å². The minimum Gasteiger partial charge on any atom is -0.480 e. The molecule has 1 amide bonds. The molecule has 0 unspecified atom stereocenters. The Morgan fingerprint density at radius 2 is 1.95 bits per heavy atom. The van der Waals surface area contributed by atoms with Crippen LogP contribution in [0.25, 0.3) is 0 Å². The molecule has 0 spiro atoms. The Morgan fingerprint density at radius 3 is 2.43 bits per heavy atom. The maximum Gasteiger partial charge on any atom is 0.323 e. The van der Waals surface area contributed by atoms with Crippen molar-refractivity contribution in [2.24, 2.45) is 0 Å². The van der Waals surface area contributed by atoms with Gasteiger partial charge in [0.1, 0.15) is 6.54 Å². The largest absolute Gasteiger partial charge is 0.480 e. The SMILES string of the molecule is COCCN(CC(=O)O)C(=O)Cc1ccc([N+](=O)[O-])cc1. The zero-order chi connectivity index (χ0) is 15.8. The standard InChI is InChI=1S/C13H16N2O6/c1-21-7-6-14(9-13(17)18)12(16)8-10-2-4-11(5-3-10)15(19)20/h2-5H,6-9H2,1H3,(H,17,18). The van der Waals surface area contributed by atoms with Crippen molar-refractivity contribution in [1.29, 1.82) is 0 Å². The highest BCUT2D eigenvalue weighted by Gasteiger charge is 2.17. The van der Waals surface area contributed by atoms with E-state index in [0.29, 0.717) is 5.56 Å². The number of amides is 1. The maximum absolute atomic E-state index is 12.0. The monoisotopic (exact) mass is 296 g/mol. The van der Waals surface area contributed by atoms with Crippen molar-refractivity contribution in [3.05, 3.63) is 39.9 Å². The first-order valence-electron chi connectivity index (χ1n) is 6.16. The molecule has 1 N–H and O–H groups in total. The van der Waals surface area contributed by atoms with Gasteiger partial charge in [-0.15, -0.1) is 0 Å². The quantitative estimate of drug-likeness (QED) is 0.558. The molecule has 1 aromatic rings. The number of hydrogen-bond acceptors (Lipinski definition) is 5. The summed E-state index contributed by atoms with van der Waals surface area (Å²) in [5.41, 5.74) is 0.520. The van der Waals surface area contributed by atoms with Gasteiger partial charge in [-0.25, -0.2) is 0 Å². The fourth-order valence-corrected chi connectivity index (χ4v) is 1.68. The smallest absolute Gasteiger partial charge is 0.323 e. The van der Waals surface area contributed by atoms with Gasteiger partial charge in [0.05, 0.1) is 18.0 Å². The van der Waals surface area contributed by atoms with Gasteiger partial charge >= 0.3 is 5.97 Å². The minimum atomic E-state index is -1.11. The van der Waals surface area contributed by atoms with Crippen LogP contribution in [0.1, 0.15) is 5.56 Å². The number of non-ortho nitro benzene ring substituents is 1. The third-order valence-corrected chi connectivity index (χ3v) is 2.75. The molecular formula is C13H16N2O6. The topological polar surface area (TPSA) is 110 Å². The van der Waals surface area contributed by atoms with Crippen LogP contribution in [0, 0.1) is 10.1 Å². The van der Waals surface area contributed by atoms with Crippen molar-refractivity contribution in [3.8, 4) is 0 Å². The molecule has 0 fully saturated rings. The fraction of sp³-hybridized carbons (Fsp3) is 0.385. The third-order valence-electron chi connectivity index (χ3n) is 2.75. The van der Waals surface area contributed by atoms with Crippen molar-refractivity contribution in [1.82, 2.24) is 4.90 Å². The molecule has 1 aromatic carbocycles. The van der Waals surface area contributed by atoms with E-state index in [4.69, 9.17) is 9.84 Å². The van der Waals surface area contributed by atoms with Crippen LogP contribution >= 0.6 is 0 Å². The van der Waals surface area contributed by atoms with E-state index < -0.39 is 17.4 Å². The number of nitrogens with zero attached hydrogens (tertiary/aromatic N) is 2. The predicted octanol–water partition coefficient (Wildman–Crippen LogP) is 0.697. The van der Waals surface area contributed by atoms with Gasteiger partial charge in [0.25, 0.3) is 5.69 Å². The van der Waals surface area contributed by atoms with Crippen LogP contribution in [0.15, 0.2) is 24.3 Å². The van der Waals surface area contributed by atoms with E-state index in [2.05, 4.69) is 0 Å². The molecule has 0 bridgehead atoms. The third kappa shape index (κ3) is 5.57. The molecule has 0 saturated carbocycles. The van der Waals surface area contributed by atoms with Gasteiger partial charge in [-0.3, -0.25) is 19.7 Å². The number of rotatable bonds is 8. The van der Waals surface area contributed by atoms with Crippen LogP contribution in [0.5, 0.6) is 0 Å². The second-order valence-electron chi connectivity index (χ2n) is 4.30. The summed E-state index contributed by atoms with van der Waals surface area (Å²) >= 11 is 0. The number of carbonyl (C=O) groups excluding carboxylic acids is 1. The Balaban J connectivity index is 2.70. The van der Waals surface area contributed by atoms with Crippen LogP contribution in [-0.4, -0.2) is 53.6 Å². The van der Waals surface area contributed by atoms with E-state index in [0.717, 1.165) is 0 Å². The van der Waals surface area contributed by atoms with Crippen molar-refractivity contribution < 1.29 is 24.4 Å². The Labute approximate surface area is 121 Å². The molecule has 8 nitrogen and oxygen atoms in total. The molecule has 0 aliphatic carbocycles. The van der Waals surface area contributed by atoms with E-state index in [1.165, 1.54) is 36.3 Å². The minimum absolute atomic E-state index is 0.0189. The Morgan fingerprint density at radius 1 is 1.33 bits per heavy atom. The van der Waals surface area contributed by atoms with Crippen LogP contribution in [0.2, 0.25) is 0 Å². The summed E-state index contributed by atoms with van der Waals surface area (Å²) in [6.07, 6.45) is -0.0189. The molecule has 114 valence electrons. The predicted molar refractivity (Wildman–Crippen MR) is 72.9 cm³/mol. The molecule has 0 radical (unpaired) electrons. The zero-order valence-electron chi connectivity index (χ0n) is 11.5. The maximum atomic E-state index is 12.0. The summed E-state index contributed by atoms with van der Waals surface area (Å²) in [6, 6.07) is 5.56. The van der Waals surface area contributed by atoms with E-state index in [-0.39, 0.29) is 31.2 Å². The lowest BCUT2D eigenvalue weighted by atomic mass is 10.1. The van der Waals surface area contributed by atoms with E-state index >= 15 is 0 Å². The number of nitro benzene ring substituents is 1. The van der Waals surface area contributed by atoms with Gasteiger partial charge in [0, 0.05) is 25.8 Å². The lowest BCUT2D eigenvalue weighted by Gasteiger charge is -2.20. The second kappa shape index (κ2) is 7.95. The average molecular weight is 296 g/mol. The summed E-state index contributed by atoms with van der Waals surface area (Å²) in [6.45, 7) is 0.00305. The van der Waals surface area contributed by atoms with E-state index in [1.54, 1.807) is 0 Å². The molecule has 0 atom stereocenters. The average Bonchev–Trinajstić information content (AvgIpc) is 2.43. The van der Waals surface area contributed by atoms with Crippen molar-refractivity contribution in [3.63, 3.8) is 0 Å². The van der Waals surface area contributed by atoms with Gasteiger partial charge in [-0.1, -0.05) is 12.1 Å². The lowest BCUT2D eigenvalue weighted by Crippen LogP contribution is -2.38. The van der Waals surface area contributed by atoms with E-state index in [9.17, 15) is 19.7 Å². The Hall–Kier alpha value is -2.48. The molecule has 0 aromatic heterocycles. The first-order chi connectivity index (χ1) is 9.93. The van der Waals surface area contributed by atoms with Crippen molar-refractivity contribution >= 4 is 17.6 Å². The molecule has 0 heterocycles. The highest BCUT2D eigenvalue weighted by Crippen LogP contribution is 2.13. The number of carboxylic acid groups (broad SMARTS) is 1. The highest BCUT2D eigenvalue weighted by atomic mass is 16.6. The molecule has 0 aliphatic heterocycles. The first kappa shape index (κ1) is 16.6. The Kier molecular flexibility index (Phi) is 6.28. The molecule has 0 saturated heterocycles. The fourth-order valence-electron chi connectivity index (χ4n) is 1.68. The van der Waals surface area contributed by atoms with Gasteiger partial charge in [0.15, 0.2) is 0 Å². The number of methoxy groups -OCH3 is 1. The highest BCUT2D eigenvalue weighted by molar-refractivity contribution is 5.83. The summed E-state index contributed by atoms with van der Waals surface area (Å²) in [5, 5.41) is 19.3. The van der Waals surface area contributed by atoms with Crippen molar-refractivity contribution in [2.75, 3.05) is 26.8 Å². The number of carbonyl (C=O) groups is 2. The summed E-state index contributed by atoms with van der Waals surface area (Å²) in [7, 11) is 1.46. The molecule has 21 heavy (non-hydrogen) atoms.